The third-order valence-corrected chi connectivity index (χ3v) is 6.49. The number of hydrogen-bond donors (Lipinski definition) is 0. The van der Waals surface area contributed by atoms with E-state index in [0.717, 1.165) is 62.9 Å². The van der Waals surface area contributed by atoms with Crippen molar-refractivity contribution < 1.29 is 9.53 Å². The minimum absolute atomic E-state index is 0.181. The molecule has 4 heterocycles. The Morgan fingerprint density at radius 3 is 2.88 bits per heavy atom. The maximum absolute atomic E-state index is 12.4. The molecule has 5 nitrogen and oxygen atoms in total. The quantitative estimate of drug-likeness (QED) is 0.838. The molecule has 7 heteroatoms. The molecule has 2 fully saturated rings. The second kappa shape index (κ2) is 7.31. The zero-order valence-electron chi connectivity index (χ0n) is 13.5. The van der Waals surface area contributed by atoms with Crippen LogP contribution >= 0.6 is 22.7 Å². The molecule has 128 valence electrons. The highest BCUT2D eigenvalue weighted by Gasteiger charge is 2.30. The SMILES string of the molecule is O=C(C1CCCO1)N1CCN(Cc2csc(-c3cccs3)n2)CC1. The number of carbonyl (C=O) groups excluding carboxylic acids is 1. The Labute approximate surface area is 149 Å². The van der Waals surface area contributed by atoms with Gasteiger partial charge in [0.25, 0.3) is 5.91 Å². The first-order valence-electron chi connectivity index (χ1n) is 8.40. The van der Waals surface area contributed by atoms with Crippen LogP contribution in [0.25, 0.3) is 9.88 Å². The average molecular weight is 364 g/mol. The molecule has 2 aliphatic heterocycles. The van der Waals surface area contributed by atoms with Gasteiger partial charge in [-0.05, 0) is 24.3 Å². The molecule has 0 aliphatic carbocycles. The molecule has 0 saturated carbocycles. The number of piperazine rings is 1. The molecule has 2 saturated heterocycles. The van der Waals surface area contributed by atoms with Crippen molar-refractivity contribution in [3.63, 3.8) is 0 Å². The van der Waals surface area contributed by atoms with E-state index in [1.165, 1.54) is 4.88 Å². The lowest BCUT2D eigenvalue weighted by Gasteiger charge is -2.35. The lowest BCUT2D eigenvalue weighted by atomic mass is 10.2. The molecule has 24 heavy (non-hydrogen) atoms. The van der Waals surface area contributed by atoms with E-state index < -0.39 is 0 Å². The van der Waals surface area contributed by atoms with Crippen molar-refractivity contribution in [2.75, 3.05) is 32.8 Å². The number of ether oxygens (including phenoxy) is 1. The van der Waals surface area contributed by atoms with Gasteiger partial charge in [-0.25, -0.2) is 4.98 Å². The molecule has 1 unspecified atom stereocenters. The van der Waals surface area contributed by atoms with Crippen LogP contribution in [0.2, 0.25) is 0 Å². The largest absolute Gasteiger partial charge is 0.368 e. The Balaban J connectivity index is 1.29. The fourth-order valence-electron chi connectivity index (χ4n) is 3.22. The predicted octanol–water partition coefficient (Wildman–Crippen LogP) is 2.69. The van der Waals surface area contributed by atoms with Crippen molar-refractivity contribution in [3.05, 3.63) is 28.6 Å². The van der Waals surface area contributed by atoms with Gasteiger partial charge in [0.2, 0.25) is 0 Å². The fraction of sp³-hybridized carbons (Fsp3) is 0.529. The van der Waals surface area contributed by atoms with Gasteiger partial charge in [0.05, 0.1) is 10.6 Å². The molecular weight excluding hydrogens is 342 g/mol. The minimum Gasteiger partial charge on any atom is -0.368 e. The molecule has 0 N–H and O–H groups in total. The predicted molar refractivity (Wildman–Crippen MR) is 96.3 cm³/mol. The zero-order chi connectivity index (χ0) is 16.4. The van der Waals surface area contributed by atoms with Gasteiger partial charge in [-0.15, -0.1) is 22.7 Å². The molecule has 4 rings (SSSR count). The molecule has 1 amide bonds. The number of hydrogen-bond acceptors (Lipinski definition) is 6. The zero-order valence-corrected chi connectivity index (χ0v) is 15.2. The molecular formula is C17H21N3O2S2. The van der Waals surface area contributed by atoms with E-state index in [1.54, 1.807) is 22.7 Å². The summed E-state index contributed by atoms with van der Waals surface area (Å²) in [4.78, 5) is 22.7. The lowest BCUT2D eigenvalue weighted by molar-refractivity contribution is -0.142. The second-order valence-electron chi connectivity index (χ2n) is 6.22. The van der Waals surface area contributed by atoms with Gasteiger partial charge in [0.15, 0.2) is 0 Å². The van der Waals surface area contributed by atoms with E-state index >= 15 is 0 Å². The number of thiophene rings is 1. The summed E-state index contributed by atoms with van der Waals surface area (Å²) in [7, 11) is 0. The smallest absolute Gasteiger partial charge is 0.251 e. The Kier molecular flexibility index (Phi) is 4.93. The van der Waals surface area contributed by atoms with Crippen LogP contribution in [0.3, 0.4) is 0 Å². The van der Waals surface area contributed by atoms with Crippen molar-refractivity contribution in [2.45, 2.75) is 25.5 Å². The van der Waals surface area contributed by atoms with Gasteiger partial charge in [-0.1, -0.05) is 6.07 Å². The third kappa shape index (κ3) is 3.54. The van der Waals surface area contributed by atoms with Crippen LogP contribution in [0.15, 0.2) is 22.9 Å². The van der Waals surface area contributed by atoms with Crippen LogP contribution in [0.1, 0.15) is 18.5 Å². The molecule has 2 aliphatic rings. The van der Waals surface area contributed by atoms with E-state index in [2.05, 4.69) is 27.8 Å². The lowest BCUT2D eigenvalue weighted by Crippen LogP contribution is -2.51. The summed E-state index contributed by atoms with van der Waals surface area (Å²) in [5.41, 5.74) is 1.13. The first-order chi connectivity index (χ1) is 11.8. The van der Waals surface area contributed by atoms with E-state index in [0.29, 0.717) is 0 Å². The molecule has 0 radical (unpaired) electrons. The normalized spacial score (nSPS) is 22.2. The molecule has 1 atom stereocenters. The topological polar surface area (TPSA) is 45.7 Å². The Hall–Kier alpha value is -1.28. The van der Waals surface area contributed by atoms with E-state index in [9.17, 15) is 4.79 Å². The van der Waals surface area contributed by atoms with E-state index in [1.807, 2.05) is 4.90 Å². The van der Waals surface area contributed by atoms with Crippen molar-refractivity contribution in [3.8, 4) is 9.88 Å². The fourth-order valence-corrected chi connectivity index (χ4v) is 4.85. The highest BCUT2D eigenvalue weighted by molar-refractivity contribution is 7.20. The molecule has 2 aromatic heterocycles. The summed E-state index contributed by atoms with van der Waals surface area (Å²) in [5, 5.41) is 5.34. The molecule has 0 spiro atoms. The van der Waals surface area contributed by atoms with Crippen LogP contribution in [0.5, 0.6) is 0 Å². The monoisotopic (exact) mass is 363 g/mol. The van der Waals surface area contributed by atoms with Crippen LogP contribution < -0.4 is 0 Å². The molecule has 0 aromatic carbocycles. The van der Waals surface area contributed by atoms with Crippen LogP contribution in [0.4, 0.5) is 0 Å². The Morgan fingerprint density at radius 1 is 1.29 bits per heavy atom. The van der Waals surface area contributed by atoms with Gasteiger partial charge < -0.3 is 9.64 Å². The Morgan fingerprint density at radius 2 is 2.17 bits per heavy atom. The van der Waals surface area contributed by atoms with Crippen LogP contribution in [-0.4, -0.2) is 59.6 Å². The van der Waals surface area contributed by atoms with E-state index in [4.69, 9.17) is 9.72 Å². The average Bonchev–Trinajstić information content (AvgIpc) is 3.36. The van der Waals surface area contributed by atoms with Crippen molar-refractivity contribution in [1.29, 1.82) is 0 Å². The number of nitrogens with zero attached hydrogens (tertiary/aromatic N) is 3. The summed E-state index contributed by atoms with van der Waals surface area (Å²) < 4.78 is 5.52. The second-order valence-corrected chi connectivity index (χ2v) is 8.03. The third-order valence-electron chi connectivity index (χ3n) is 4.56. The van der Waals surface area contributed by atoms with Crippen molar-refractivity contribution in [2.24, 2.45) is 0 Å². The van der Waals surface area contributed by atoms with Gasteiger partial charge >= 0.3 is 0 Å². The van der Waals surface area contributed by atoms with E-state index in [-0.39, 0.29) is 12.0 Å². The number of rotatable bonds is 4. The maximum Gasteiger partial charge on any atom is 0.251 e. The summed E-state index contributed by atoms with van der Waals surface area (Å²) in [6.45, 7) is 4.99. The summed E-state index contributed by atoms with van der Waals surface area (Å²) >= 11 is 3.44. The van der Waals surface area contributed by atoms with Crippen molar-refractivity contribution >= 4 is 28.6 Å². The minimum atomic E-state index is -0.191. The van der Waals surface area contributed by atoms with Crippen LogP contribution in [0, 0.1) is 0 Å². The summed E-state index contributed by atoms with van der Waals surface area (Å²) in [6.07, 6.45) is 1.69. The van der Waals surface area contributed by atoms with Gasteiger partial charge in [-0.2, -0.15) is 0 Å². The first kappa shape index (κ1) is 16.2. The molecule has 2 aromatic rings. The summed E-state index contributed by atoms with van der Waals surface area (Å²) in [5.74, 6) is 0.181. The highest BCUT2D eigenvalue weighted by Crippen LogP contribution is 2.28. The Bertz CT molecular complexity index is 672. The van der Waals surface area contributed by atoms with Gasteiger partial charge in [-0.3, -0.25) is 9.69 Å². The number of amides is 1. The van der Waals surface area contributed by atoms with Crippen molar-refractivity contribution in [1.82, 2.24) is 14.8 Å². The number of thiazole rings is 1. The van der Waals surface area contributed by atoms with Gasteiger partial charge in [0.1, 0.15) is 11.1 Å². The van der Waals surface area contributed by atoms with Gasteiger partial charge in [0, 0.05) is 44.7 Å². The first-order valence-corrected chi connectivity index (χ1v) is 10.2. The number of carbonyl (C=O) groups is 1. The summed E-state index contributed by atoms with van der Waals surface area (Å²) in [6, 6.07) is 4.17. The molecule has 0 bridgehead atoms. The highest BCUT2D eigenvalue weighted by atomic mass is 32.1. The number of aromatic nitrogens is 1. The standard InChI is InChI=1S/C17H21N3O2S2/c21-17(14-3-1-9-22-14)20-7-5-19(6-8-20)11-13-12-24-16(18-13)15-4-2-10-23-15/h2,4,10,12,14H,1,3,5-9,11H2. The van der Waals surface area contributed by atoms with Crippen LogP contribution in [-0.2, 0) is 16.1 Å². The maximum atomic E-state index is 12.4.